The first-order valence-electron chi connectivity index (χ1n) is 8.93. The minimum atomic E-state index is -2.97. The number of benzene rings is 1. The number of anilines is 3. The van der Waals surface area contributed by atoms with Gasteiger partial charge in [-0.25, -0.2) is 13.4 Å². The van der Waals surface area contributed by atoms with Gasteiger partial charge >= 0.3 is 0 Å². The quantitative estimate of drug-likeness (QED) is 0.831. The van der Waals surface area contributed by atoms with Gasteiger partial charge in [0.15, 0.2) is 21.3 Å². The van der Waals surface area contributed by atoms with Crippen molar-refractivity contribution in [3.63, 3.8) is 0 Å². The first-order valence-corrected chi connectivity index (χ1v) is 10.7. The van der Waals surface area contributed by atoms with E-state index in [1.807, 2.05) is 43.0 Å². The molecule has 1 atom stereocenters. The second-order valence-corrected chi connectivity index (χ2v) is 8.96. The normalized spacial score (nSPS) is 19.9. The molecule has 4 rings (SSSR count). The molecule has 27 heavy (non-hydrogen) atoms. The zero-order valence-electron chi connectivity index (χ0n) is 15.3. The molecule has 1 unspecified atom stereocenters. The molecule has 1 saturated heterocycles. The van der Waals surface area contributed by atoms with Gasteiger partial charge < -0.3 is 19.7 Å². The Balaban J connectivity index is 1.59. The summed E-state index contributed by atoms with van der Waals surface area (Å²) >= 11 is 0. The van der Waals surface area contributed by atoms with E-state index in [1.165, 1.54) is 0 Å². The van der Waals surface area contributed by atoms with Crippen LogP contribution < -0.4 is 19.7 Å². The van der Waals surface area contributed by atoms with Crippen molar-refractivity contribution in [3.8, 4) is 11.5 Å². The summed E-state index contributed by atoms with van der Waals surface area (Å²) in [6, 6.07) is 7.38. The summed E-state index contributed by atoms with van der Waals surface area (Å²) in [5, 5.41) is 3.27. The minimum Gasteiger partial charge on any atom is -0.454 e. The molecule has 0 bridgehead atoms. The Hall–Kier alpha value is -2.55. The summed E-state index contributed by atoms with van der Waals surface area (Å²) in [6.07, 6.45) is 0.610. The Labute approximate surface area is 158 Å². The van der Waals surface area contributed by atoms with Gasteiger partial charge in [0.1, 0.15) is 5.82 Å². The van der Waals surface area contributed by atoms with Crippen LogP contribution in [0, 0.1) is 6.92 Å². The number of aryl methyl sites for hydroxylation is 1. The number of fused-ring (bicyclic) bond motifs is 1. The topological polar surface area (TPSA) is 93.7 Å². The highest BCUT2D eigenvalue weighted by molar-refractivity contribution is 7.91. The average Bonchev–Trinajstić information content (AvgIpc) is 3.21. The first kappa shape index (κ1) is 17.8. The molecule has 1 fully saturated rings. The second kappa shape index (κ2) is 6.88. The predicted molar refractivity (Wildman–Crippen MR) is 103 cm³/mol. The number of nitrogens with zero attached hydrogens (tertiary/aromatic N) is 3. The van der Waals surface area contributed by atoms with Crippen LogP contribution in [-0.4, -0.2) is 49.3 Å². The van der Waals surface area contributed by atoms with Crippen molar-refractivity contribution < 1.29 is 17.9 Å². The number of aromatic nitrogens is 2. The Morgan fingerprint density at radius 1 is 1.22 bits per heavy atom. The van der Waals surface area contributed by atoms with E-state index >= 15 is 0 Å². The predicted octanol–water partition coefficient (Wildman–Crippen LogP) is 2.27. The maximum Gasteiger partial charge on any atom is 0.231 e. The molecule has 2 aliphatic rings. The zero-order chi connectivity index (χ0) is 19.0. The van der Waals surface area contributed by atoms with Gasteiger partial charge in [-0.1, -0.05) is 0 Å². The number of rotatable bonds is 5. The van der Waals surface area contributed by atoms with Crippen molar-refractivity contribution in [1.29, 1.82) is 0 Å². The number of nitrogens with one attached hydrogen (secondary N) is 1. The number of sulfone groups is 1. The highest BCUT2D eigenvalue weighted by Crippen LogP contribution is 2.35. The van der Waals surface area contributed by atoms with Gasteiger partial charge in [0, 0.05) is 36.1 Å². The third-order valence-electron chi connectivity index (χ3n) is 4.73. The molecule has 0 saturated carbocycles. The van der Waals surface area contributed by atoms with Gasteiger partial charge in [0.2, 0.25) is 12.7 Å². The van der Waals surface area contributed by atoms with Crippen molar-refractivity contribution in [2.45, 2.75) is 26.3 Å². The fraction of sp³-hybridized carbons (Fsp3) is 0.444. The minimum absolute atomic E-state index is 0.0832. The van der Waals surface area contributed by atoms with Crippen LogP contribution in [0.5, 0.6) is 11.5 Å². The smallest absolute Gasteiger partial charge is 0.231 e. The van der Waals surface area contributed by atoms with Crippen LogP contribution in [0.4, 0.5) is 17.5 Å². The summed E-state index contributed by atoms with van der Waals surface area (Å²) in [4.78, 5) is 11.1. The largest absolute Gasteiger partial charge is 0.454 e. The summed E-state index contributed by atoms with van der Waals surface area (Å²) in [5.74, 6) is 2.99. The molecule has 144 valence electrons. The second-order valence-electron chi connectivity index (χ2n) is 6.73. The number of hydrogen-bond acceptors (Lipinski definition) is 8. The van der Waals surface area contributed by atoms with E-state index in [0.717, 1.165) is 17.1 Å². The molecular formula is C18H22N4O4S. The Morgan fingerprint density at radius 3 is 2.78 bits per heavy atom. The third kappa shape index (κ3) is 3.78. The molecule has 1 N–H and O–H groups in total. The van der Waals surface area contributed by atoms with Gasteiger partial charge in [-0.2, -0.15) is 4.98 Å². The van der Waals surface area contributed by atoms with Crippen molar-refractivity contribution in [1.82, 2.24) is 9.97 Å². The van der Waals surface area contributed by atoms with Gasteiger partial charge in [0.25, 0.3) is 0 Å². The van der Waals surface area contributed by atoms with E-state index in [-0.39, 0.29) is 24.3 Å². The summed E-state index contributed by atoms with van der Waals surface area (Å²) in [7, 11) is -2.97. The molecule has 2 aromatic rings. The molecule has 0 spiro atoms. The first-order chi connectivity index (χ1) is 12.9. The van der Waals surface area contributed by atoms with Crippen molar-refractivity contribution in [3.05, 3.63) is 30.0 Å². The van der Waals surface area contributed by atoms with Crippen LogP contribution in [0.1, 0.15) is 19.0 Å². The molecule has 9 heteroatoms. The fourth-order valence-electron chi connectivity index (χ4n) is 3.45. The van der Waals surface area contributed by atoms with Crippen LogP contribution in [-0.2, 0) is 9.84 Å². The summed E-state index contributed by atoms with van der Waals surface area (Å²) in [6.45, 7) is 4.76. The SMILES string of the molecule is CCN(c1nc(C)cc(Nc2ccc3c(c2)OCO3)n1)C1CCS(=O)(=O)C1. The van der Waals surface area contributed by atoms with Gasteiger partial charge in [-0.15, -0.1) is 0 Å². The van der Waals surface area contributed by atoms with Gasteiger partial charge in [0.05, 0.1) is 11.5 Å². The average molecular weight is 390 g/mol. The van der Waals surface area contributed by atoms with Crippen LogP contribution in [0.3, 0.4) is 0 Å². The van der Waals surface area contributed by atoms with Gasteiger partial charge in [-0.3, -0.25) is 0 Å². The molecule has 8 nitrogen and oxygen atoms in total. The highest BCUT2D eigenvalue weighted by atomic mass is 32.2. The maximum atomic E-state index is 11.9. The van der Waals surface area contributed by atoms with E-state index in [0.29, 0.717) is 30.5 Å². The number of ether oxygens (including phenoxy) is 2. The third-order valence-corrected chi connectivity index (χ3v) is 6.48. The molecule has 0 radical (unpaired) electrons. The standard InChI is InChI=1S/C18H22N4O4S/c1-3-22(14-6-7-27(23,24)10-14)18-19-12(2)8-17(21-18)20-13-4-5-15-16(9-13)26-11-25-15/h4-5,8-9,14H,3,6-7,10-11H2,1-2H3,(H,19,20,21). The lowest BCUT2D eigenvalue weighted by molar-refractivity contribution is 0.174. The molecule has 2 aliphatic heterocycles. The number of hydrogen-bond donors (Lipinski definition) is 1. The lowest BCUT2D eigenvalue weighted by atomic mass is 10.2. The van der Waals surface area contributed by atoms with E-state index in [2.05, 4.69) is 15.3 Å². The van der Waals surface area contributed by atoms with E-state index in [9.17, 15) is 8.42 Å². The summed E-state index contributed by atoms with van der Waals surface area (Å²) in [5.41, 5.74) is 1.64. The molecule has 0 amide bonds. The highest BCUT2D eigenvalue weighted by Gasteiger charge is 2.33. The molecular weight excluding hydrogens is 368 g/mol. The molecule has 1 aromatic carbocycles. The Morgan fingerprint density at radius 2 is 2.04 bits per heavy atom. The van der Waals surface area contributed by atoms with Crippen LogP contribution >= 0.6 is 0 Å². The summed E-state index contributed by atoms with van der Waals surface area (Å²) < 4.78 is 34.5. The molecule has 1 aromatic heterocycles. The Kier molecular flexibility index (Phi) is 4.55. The fourth-order valence-corrected chi connectivity index (χ4v) is 5.18. The molecule has 3 heterocycles. The van der Waals surface area contributed by atoms with Crippen LogP contribution in [0.25, 0.3) is 0 Å². The lowest BCUT2D eigenvalue weighted by Gasteiger charge is -2.27. The van der Waals surface area contributed by atoms with Crippen LogP contribution in [0.2, 0.25) is 0 Å². The maximum absolute atomic E-state index is 11.9. The zero-order valence-corrected chi connectivity index (χ0v) is 16.1. The van der Waals surface area contributed by atoms with E-state index in [1.54, 1.807) is 0 Å². The Bertz CT molecular complexity index is 964. The van der Waals surface area contributed by atoms with Crippen molar-refractivity contribution in [2.24, 2.45) is 0 Å². The van der Waals surface area contributed by atoms with Crippen LogP contribution in [0.15, 0.2) is 24.3 Å². The van der Waals surface area contributed by atoms with E-state index < -0.39 is 9.84 Å². The van der Waals surface area contributed by atoms with Crippen molar-refractivity contribution in [2.75, 3.05) is 35.1 Å². The lowest BCUT2D eigenvalue weighted by Crippen LogP contribution is -2.37. The van der Waals surface area contributed by atoms with Crippen molar-refractivity contribution >= 4 is 27.3 Å². The van der Waals surface area contributed by atoms with Gasteiger partial charge in [-0.05, 0) is 32.4 Å². The monoisotopic (exact) mass is 390 g/mol. The molecule has 0 aliphatic carbocycles. The van der Waals surface area contributed by atoms with E-state index in [4.69, 9.17) is 9.47 Å².